The fourth-order valence-electron chi connectivity index (χ4n) is 5.23. The molecule has 0 aliphatic heterocycles. The molecule has 0 saturated heterocycles. The van der Waals surface area contributed by atoms with E-state index in [1.807, 2.05) is 12.1 Å². The predicted molar refractivity (Wildman–Crippen MR) is 120 cm³/mol. The van der Waals surface area contributed by atoms with Crippen molar-refractivity contribution in [2.75, 3.05) is 5.32 Å². The summed E-state index contributed by atoms with van der Waals surface area (Å²) in [5, 5.41) is 7.03. The van der Waals surface area contributed by atoms with Crippen LogP contribution < -0.4 is 11.1 Å². The van der Waals surface area contributed by atoms with Crippen LogP contribution in [0.1, 0.15) is 72.1 Å². The Morgan fingerprint density at radius 1 is 1.12 bits per heavy atom. The van der Waals surface area contributed by atoms with E-state index in [0.717, 1.165) is 48.8 Å². The normalized spacial score (nSPS) is 22.3. The third-order valence-corrected chi connectivity index (χ3v) is 7.41. The number of anilines is 1. The van der Waals surface area contributed by atoms with Crippen LogP contribution in [0.4, 0.5) is 5.82 Å². The molecule has 0 unspecified atom stereocenters. The second-order valence-electron chi connectivity index (χ2n) is 9.57. The van der Waals surface area contributed by atoms with E-state index < -0.39 is 5.91 Å². The average molecular weight is 444 g/mol. The summed E-state index contributed by atoms with van der Waals surface area (Å²) in [6.07, 6.45) is 9.06. The first-order valence-electron chi connectivity index (χ1n) is 11.6. The van der Waals surface area contributed by atoms with Crippen LogP contribution >= 0.6 is 0 Å². The standard InChI is InChI=1S/C25H25N5O3/c26-21(31)24-29-22(30-33-24)18-4-2-1-3-16-11-14(5-6-17(16)18)15-7-10-27-20(12-15)28-23(32)19-13-25(19)8-9-25/h5-7,10-12,18-19H,1-4,8-9,13H2,(H2,26,31)(H,27,28,32)/t18-,19+/m1/s1. The predicted octanol–water partition coefficient (Wildman–Crippen LogP) is 3.83. The maximum absolute atomic E-state index is 12.5. The number of aromatic nitrogens is 3. The van der Waals surface area contributed by atoms with Crippen molar-refractivity contribution < 1.29 is 14.1 Å². The highest BCUT2D eigenvalue weighted by atomic mass is 16.5. The van der Waals surface area contributed by atoms with Gasteiger partial charge < -0.3 is 15.6 Å². The number of carbonyl (C=O) groups excluding carboxylic acids is 2. The number of nitrogens with zero attached hydrogens (tertiary/aromatic N) is 3. The van der Waals surface area contributed by atoms with Gasteiger partial charge in [-0.1, -0.05) is 29.8 Å². The minimum Gasteiger partial charge on any atom is -0.361 e. The Bertz CT molecular complexity index is 1260. The molecule has 2 atom stereocenters. The Labute approximate surface area is 191 Å². The van der Waals surface area contributed by atoms with Crippen LogP contribution in [0.5, 0.6) is 0 Å². The maximum atomic E-state index is 12.5. The summed E-state index contributed by atoms with van der Waals surface area (Å²) >= 11 is 0. The Morgan fingerprint density at radius 2 is 1.97 bits per heavy atom. The molecule has 0 bridgehead atoms. The summed E-state index contributed by atoms with van der Waals surface area (Å²) in [4.78, 5) is 32.5. The molecule has 2 amide bonds. The van der Waals surface area contributed by atoms with Crippen molar-refractivity contribution in [2.45, 2.75) is 50.9 Å². The number of nitrogens with two attached hydrogens (primary N) is 1. The van der Waals surface area contributed by atoms with Gasteiger partial charge in [-0.15, -0.1) is 0 Å². The SMILES string of the molecule is NC(=O)c1nc([C@@H]2CCCCc3cc(-c4ccnc(NC(=O)[C@@H]5CC56CC6)c4)ccc32)no1. The lowest BCUT2D eigenvalue weighted by Gasteiger charge is -2.15. The van der Waals surface area contributed by atoms with Gasteiger partial charge in [-0.05, 0) is 78.3 Å². The summed E-state index contributed by atoms with van der Waals surface area (Å²) in [5.41, 5.74) is 10.1. The third-order valence-electron chi connectivity index (χ3n) is 7.41. The second kappa shape index (κ2) is 7.50. The first-order chi connectivity index (χ1) is 16.0. The molecule has 33 heavy (non-hydrogen) atoms. The lowest BCUT2D eigenvalue weighted by atomic mass is 9.90. The smallest absolute Gasteiger partial charge is 0.315 e. The van der Waals surface area contributed by atoms with Gasteiger partial charge in [-0.2, -0.15) is 4.98 Å². The molecule has 168 valence electrons. The van der Waals surface area contributed by atoms with E-state index in [9.17, 15) is 9.59 Å². The second-order valence-corrected chi connectivity index (χ2v) is 9.57. The number of nitrogens with one attached hydrogen (secondary N) is 1. The van der Waals surface area contributed by atoms with Crippen molar-refractivity contribution in [3.8, 4) is 11.1 Å². The Morgan fingerprint density at radius 3 is 2.73 bits per heavy atom. The average Bonchev–Trinajstić information content (AvgIpc) is 3.71. The number of benzene rings is 1. The van der Waals surface area contributed by atoms with Gasteiger partial charge in [-0.3, -0.25) is 9.59 Å². The molecule has 8 heteroatoms. The Balaban J connectivity index is 1.26. The largest absolute Gasteiger partial charge is 0.361 e. The zero-order valence-corrected chi connectivity index (χ0v) is 18.2. The molecule has 3 aromatic rings. The fourth-order valence-corrected chi connectivity index (χ4v) is 5.23. The molecule has 3 aliphatic rings. The highest BCUT2D eigenvalue weighted by Gasteiger charge is 2.65. The van der Waals surface area contributed by atoms with Crippen molar-refractivity contribution in [1.29, 1.82) is 0 Å². The lowest BCUT2D eigenvalue weighted by Crippen LogP contribution is -2.15. The van der Waals surface area contributed by atoms with Gasteiger partial charge in [0.15, 0.2) is 5.82 Å². The van der Waals surface area contributed by atoms with Gasteiger partial charge in [0.25, 0.3) is 0 Å². The van der Waals surface area contributed by atoms with E-state index >= 15 is 0 Å². The molecule has 1 spiro atoms. The highest BCUT2D eigenvalue weighted by molar-refractivity contribution is 5.95. The number of hydrogen-bond acceptors (Lipinski definition) is 6. The van der Waals surface area contributed by atoms with Crippen LogP contribution in [0.15, 0.2) is 41.1 Å². The van der Waals surface area contributed by atoms with E-state index in [1.54, 1.807) is 6.20 Å². The van der Waals surface area contributed by atoms with Gasteiger partial charge in [0, 0.05) is 18.0 Å². The topological polar surface area (TPSA) is 124 Å². The van der Waals surface area contributed by atoms with Gasteiger partial charge in [-0.25, -0.2) is 4.98 Å². The number of pyridine rings is 1. The van der Waals surface area contributed by atoms with Crippen molar-refractivity contribution in [1.82, 2.24) is 15.1 Å². The first-order valence-corrected chi connectivity index (χ1v) is 11.6. The van der Waals surface area contributed by atoms with Crippen molar-refractivity contribution >= 4 is 17.6 Å². The van der Waals surface area contributed by atoms with E-state index in [-0.39, 0.29) is 23.6 Å². The number of amides is 2. The van der Waals surface area contributed by atoms with Crippen molar-refractivity contribution in [2.24, 2.45) is 17.1 Å². The number of primary amides is 1. The zero-order valence-electron chi connectivity index (χ0n) is 18.2. The van der Waals surface area contributed by atoms with Crippen LogP contribution in [-0.4, -0.2) is 26.9 Å². The molecular formula is C25H25N5O3. The van der Waals surface area contributed by atoms with E-state index in [1.165, 1.54) is 18.4 Å². The van der Waals surface area contributed by atoms with Gasteiger partial charge >= 0.3 is 11.8 Å². The summed E-state index contributed by atoms with van der Waals surface area (Å²) in [6, 6.07) is 10.3. The van der Waals surface area contributed by atoms with Crippen LogP contribution in [0, 0.1) is 11.3 Å². The minimum atomic E-state index is -0.715. The van der Waals surface area contributed by atoms with Crippen LogP contribution in [0.2, 0.25) is 0 Å². The molecule has 2 aromatic heterocycles. The molecule has 8 nitrogen and oxygen atoms in total. The number of carbonyl (C=O) groups is 2. The molecule has 2 fully saturated rings. The van der Waals surface area contributed by atoms with Gasteiger partial charge in [0.05, 0.1) is 0 Å². The third kappa shape index (κ3) is 3.69. The van der Waals surface area contributed by atoms with Crippen LogP contribution in [0.3, 0.4) is 0 Å². The summed E-state index contributed by atoms with van der Waals surface area (Å²) < 4.78 is 5.03. The zero-order chi connectivity index (χ0) is 22.6. The quantitative estimate of drug-likeness (QED) is 0.578. The van der Waals surface area contributed by atoms with Gasteiger partial charge in [0.1, 0.15) is 5.82 Å². The number of fused-ring (bicyclic) bond motifs is 1. The number of hydrogen-bond donors (Lipinski definition) is 2. The fraction of sp³-hybridized carbons (Fsp3) is 0.400. The summed E-state index contributed by atoms with van der Waals surface area (Å²) in [6.45, 7) is 0. The molecule has 2 heterocycles. The minimum absolute atomic E-state index is 0.0334. The molecule has 6 rings (SSSR count). The summed E-state index contributed by atoms with van der Waals surface area (Å²) in [7, 11) is 0. The Hall–Kier alpha value is -3.55. The molecule has 3 N–H and O–H groups in total. The van der Waals surface area contributed by atoms with Crippen molar-refractivity contribution in [3.63, 3.8) is 0 Å². The lowest BCUT2D eigenvalue weighted by molar-refractivity contribution is -0.117. The molecule has 2 saturated carbocycles. The number of aryl methyl sites for hydroxylation is 1. The van der Waals surface area contributed by atoms with Crippen LogP contribution in [-0.2, 0) is 11.2 Å². The van der Waals surface area contributed by atoms with E-state index in [0.29, 0.717) is 17.1 Å². The Kier molecular flexibility index (Phi) is 4.57. The van der Waals surface area contributed by atoms with Crippen molar-refractivity contribution in [3.05, 3.63) is 59.4 Å². The van der Waals surface area contributed by atoms with Crippen LogP contribution in [0.25, 0.3) is 11.1 Å². The molecule has 0 radical (unpaired) electrons. The monoisotopic (exact) mass is 443 g/mol. The molecule has 3 aliphatic carbocycles. The van der Waals surface area contributed by atoms with E-state index in [4.69, 9.17) is 10.3 Å². The van der Waals surface area contributed by atoms with Gasteiger partial charge in [0.2, 0.25) is 5.91 Å². The maximum Gasteiger partial charge on any atom is 0.315 e. The molecular weight excluding hydrogens is 418 g/mol. The number of rotatable bonds is 5. The first kappa shape index (κ1) is 20.1. The highest BCUT2D eigenvalue weighted by Crippen LogP contribution is 2.70. The summed E-state index contributed by atoms with van der Waals surface area (Å²) in [5.74, 6) is 0.449. The molecule has 1 aromatic carbocycles. The van der Waals surface area contributed by atoms with E-state index in [2.05, 4.69) is 38.6 Å².